The summed E-state index contributed by atoms with van der Waals surface area (Å²) in [6.45, 7) is 2.05. The van der Waals surface area contributed by atoms with Gasteiger partial charge in [-0.15, -0.1) is 5.10 Å². The molecule has 1 aromatic heterocycles. The fraction of sp³-hybridized carbons (Fsp3) is 0.455. The number of aliphatic hydroxyl groups excluding tert-OH is 1. The molecule has 1 heterocycles. The standard InChI is InChI=1S/C11H13N3O/c1-7-8(6-15)2-5-10-11(7)12-13-14(10)9-3-4-9/h2,5,9,15H,3-4,6H2,1H3. The fourth-order valence-electron chi connectivity index (χ4n) is 1.94. The maximum absolute atomic E-state index is 9.15. The maximum Gasteiger partial charge on any atom is 0.116 e. The van der Waals surface area contributed by atoms with Gasteiger partial charge < -0.3 is 5.11 Å². The molecule has 0 unspecified atom stereocenters. The Hall–Kier alpha value is -1.42. The lowest BCUT2D eigenvalue weighted by Gasteiger charge is -2.03. The van der Waals surface area contributed by atoms with E-state index >= 15 is 0 Å². The lowest BCUT2D eigenvalue weighted by Crippen LogP contribution is -1.96. The Balaban J connectivity index is 2.24. The summed E-state index contributed by atoms with van der Waals surface area (Å²) in [6.07, 6.45) is 2.42. The van der Waals surface area contributed by atoms with Crippen molar-refractivity contribution in [1.82, 2.24) is 15.0 Å². The van der Waals surface area contributed by atoms with Crippen LogP contribution in [0.15, 0.2) is 12.1 Å². The third kappa shape index (κ3) is 1.25. The molecule has 0 radical (unpaired) electrons. The number of aliphatic hydroxyl groups is 1. The third-order valence-electron chi connectivity index (χ3n) is 3.07. The lowest BCUT2D eigenvalue weighted by molar-refractivity contribution is 0.281. The van der Waals surface area contributed by atoms with Crippen molar-refractivity contribution in [2.75, 3.05) is 0 Å². The van der Waals surface area contributed by atoms with Crippen LogP contribution >= 0.6 is 0 Å². The molecule has 0 amide bonds. The molecule has 1 N–H and O–H groups in total. The summed E-state index contributed by atoms with van der Waals surface area (Å²) in [6, 6.07) is 4.51. The van der Waals surface area contributed by atoms with Crippen LogP contribution < -0.4 is 0 Å². The Bertz CT molecular complexity index is 514. The Kier molecular flexibility index (Phi) is 1.79. The number of hydrogen-bond donors (Lipinski definition) is 1. The molecule has 2 aromatic rings. The molecule has 1 fully saturated rings. The highest BCUT2D eigenvalue weighted by atomic mass is 16.3. The van der Waals surface area contributed by atoms with Crippen molar-refractivity contribution in [3.63, 3.8) is 0 Å². The van der Waals surface area contributed by atoms with Crippen LogP contribution in [0.2, 0.25) is 0 Å². The number of hydrogen-bond acceptors (Lipinski definition) is 3. The molecule has 1 aromatic carbocycles. The Morgan fingerprint density at radius 1 is 1.47 bits per heavy atom. The summed E-state index contributed by atoms with van der Waals surface area (Å²) >= 11 is 0. The molecule has 15 heavy (non-hydrogen) atoms. The quantitative estimate of drug-likeness (QED) is 0.806. The summed E-state index contributed by atoms with van der Waals surface area (Å²) in [5.74, 6) is 0. The van der Waals surface area contributed by atoms with E-state index in [-0.39, 0.29) is 6.61 Å². The van der Waals surface area contributed by atoms with Gasteiger partial charge in [-0.25, -0.2) is 4.68 Å². The zero-order valence-electron chi connectivity index (χ0n) is 8.64. The van der Waals surface area contributed by atoms with Crippen molar-refractivity contribution >= 4 is 11.0 Å². The zero-order valence-corrected chi connectivity index (χ0v) is 8.64. The van der Waals surface area contributed by atoms with Gasteiger partial charge in [0.25, 0.3) is 0 Å². The van der Waals surface area contributed by atoms with Gasteiger partial charge in [-0.1, -0.05) is 11.3 Å². The van der Waals surface area contributed by atoms with Gasteiger partial charge >= 0.3 is 0 Å². The van der Waals surface area contributed by atoms with Crippen molar-refractivity contribution in [2.45, 2.75) is 32.4 Å². The topological polar surface area (TPSA) is 50.9 Å². The minimum absolute atomic E-state index is 0.0675. The number of fused-ring (bicyclic) bond motifs is 1. The van der Waals surface area contributed by atoms with E-state index in [1.165, 1.54) is 12.8 Å². The second kappa shape index (κ2) is 3.03. The zero-order chi connectivity index (χ0) is 10.4. The molecule has 0 saturated heterocycles. The molecule has 0 aliphatic heterocycles. The fourth-order valence-corrected chi connectivity index (χ4v) is 1.94. The highest BCUT2D eigenvalue weighted by molar-refractivity contribution is 5.79. The average molecular weight is 203 g/mol. The van der Waals surface area contributed by atoms with Crippen LogP contribution in [-0.2, 0) is 6.61 Å². The molecule has 4 nitrogen and oxygen atoms in total. The third-order valence-corrected chi connectivity index (χ3v) is 3.07. The van der Waals surface area contributed by atoms with Crippen LogP contribution in [0.5, 0.6) is 0 Å². The Morgan fingerprint density at radius 2 is 2.27 bits per heavy atom. The number of aryl methyl sites for hydroxylation is 1. The van der Waals surface area contributed by atoms with Crippen LogP contribution in [0, 0.1) is 6.92 Å². The van der Waals surface area contributed by atoms with Crippen LogP contribution in [-0.4, -0.2) is 20.1 Å². The van der Waals surface area contributed by atoms with Gasteiger partial charge in [0.15, 0.2) is 0 Å². The second-order valence-electron chi connectivity index (χ2n) is 4.14. The first kappa shape index (κ1) is 8.85. The van der Waals surface area contributed by atoms with Crippen molar-refractivity contribution < 1.29 is 5.11 Å². The molecule has 0 spiro atoms. The molecule has 1 aliphatic carbocycles. The Labute approximate surface area is 87.5 Å². The van der Waals surface area contributed by atoms with Crippen molar-refractivity contribution in [1.29, 1.82) is 0 Å². The Morgan fingerprint density at radius 3 is 2.93 bits per heavy atom. The van der Waals surface area contributed by atoms with Gasteiger partial charge in [0.05, 0.1) is 18.2 Å². The maximum atomic E-state index is 9.15. The molecule has 4 heteroatoms. The van der Waals surface area contributed by atoms with E-state index in [1.807, 2.05) is 23.7 Å². The minimum Gasteiger partial charge on any atom is -0.392 e. The summed E-state index contributed by atoms with van der Waals surface area (Å²) in [4.78, 5) is 0. The molecule has 0 atom stereocenters. The molecule has 3 rings (SSSR count). The second-order valence-corrected chi connectivity index (χ2v) is 4.14. The van der Waals surface area contributed by atoms with Gasteiger partial charge in [-0.05, 0) is 37.0 Å². The number of rotatable bonds is 2. The molecular weight excluding hydrogens is 190 g/mol. The van der Waals surface area contributed by atoms with Crippen LogP contribution in [0.25, 0.3) is 11.0 Å². The average Bonchev–Trinajstić information content (AvgIpc) is 2.99. The molecular formula is C11H13N3O. The summed E-state index contributed by atoms with van der Waals surface area (Å²) in [5, 5.41) is 17.5. The van der Waals surface area contributed by atoms with Crippen LogP contribution in [0.1, 0.15) is 30.0 Å². The summed E-state index contributed by atoms with van der Waals surface area (Å²) in [7, 11) is 0. The van der Waals surface area contributed by atoms with Crippen molar-refractivity contribution in [2.24, 2.45) is 0 Å². The smallest absolute Gasteiger partial charge is 0.116 e. The predicted molar refractivity (Wildman–Crippen MR) is 56.5 cm³/mol. The van der Waals surface area contributed by atoms with Crippen LogP contribution in [0.3, 0.4) is 0 Å². The molecule has 1 saturated carbocycles. The first-order valence-electron chi connectivity index (χ1n) is 5.25. The monoisotopic (exact) mass is 203 g/mol. The van der Waals surface area contributed by atoms with Gasteiger partial charge in [0.1, 0.15) is 5.52 Å². The first-order valence-corrected chi connectivity index (χ1v) is 5.25. The van der Waals surface area contributed by atoms with E-state index in [4.69, 9.17) is 5.11 Å². The van der Waals surface area contributed by atoms with Crippen molar-refractivity contribution in [3.05, 3.63) is 23.3 Å². The minimum atomic E-state index is 0.0675. The largest absolute Gasteiger partial charge is 0.392 e. The van der Waals surface area contributed by atoms with Gasteiger partial charge in [0, 0.05) is 0 Å². The molecule has 1 aliphatic rings. The highest BCUT2D eigenvalue weighted by Crippen LogP contribution is 2.36. The van der Waals surface area contributed by atoms with E-state index in [0.29, 0.717) is 6.04 Å². The summed E-state index contributed by atoms with van der Waals surface area (Å²) in [5.41, 5.74) is 3.99. The van der Waals surface area contributed by atoms with E-state index in [0.717, 1.165) is 22.2 Å². The molecule has 0 bridgehead atoms. The van der Waals surface area contributed by atoms with Gasteiger partial charge in [0.2, 0.25) is 0 Å². The molecule has 78 valence electrons. The van der Waals surface area contributed by atoms with E-state index in [9.17, 15) is 0 Å². The predicted octanol–water partition coefficient (Wildman–Crippen LogP) is 1.57. The normalized spacial score (nSPS) is 16.1. The number of aromatic nitrogens is 3. The number of nitrogens with zero attached hydrogens (tertiary/aromatic N) is 3. The first-order chi connectivity index (χ1) is 7.31. The van der Waals surface area contributed by atoms with Crippen LogP contribution in [0.4, 0.5) is 0 Å². The number of benzene rings is 1. The van der Waals surface area contributed by atoms with Gasteiger partial charge in [-0.2, -0.15) is 0 Å². The van der Waals surface area contributed by atoms with Gasteiger partial charge in [-0.3, -0.25) is 0 Å². The lowest BCUT2D eigenvalue weighted by atomic mass is 10.1. The van der Waals surface area contributed by atoms with E-state index in [2.05, 4.69) is 10.3 Å². The van der Waals surface area contributed by atoms with E-state index < -0.39 is 0 Å². The summed E-state index contributed by atoms with van der Waals surface area (Å²) < 4.78 is 2.00. The SMILES string of the molecule is Cc1c(CO)ccc2c1nnn2C1CC1. The highest BCUT2D eigenvalue weighted by Gasteiger charge is 2.26. The van der Waals surface area contributed by atoms with E-state index in [1.54, 1.807) is 0 Å². The van der Waals surface area contributed by atoms with Crippen molar-refractivity contribution in [3.8, 4) is 0 Å².